The third-order valence-electron chi connectivity index (χ3n) is 3.65. The Bertz CT molecular complexity index is 705. The normalized spacial score (nSPS) is 14.1. The summed E-state index contributed by atoms with van der Waals surface area (Å²) in [5, 5.41) is 2.53. The molecule has 0 saturated carbocycles. The van der Waals surface area contributed by atoms with Crippen molar-refractivity contribution < 1.29 is 22.7 Å². The third kappa shape index (κ3) is 4.78. The van der Waals surface area contributed by atoms with E-state index in [1.165, 1.54) is 33.2 Å². The van der Waals surface area contributed by atoms with Gasteiger partial charge in [-0.15, -0.1) is 0 Å². The van der Waals surface area contributed by atoms with Crippen LogP contribution >= 0.6 is 15.9 Å². The minimum Gasteiger partial charge on any atom is -0.467 e. The summed E-state index contributed by atoms with van der Waals surface area (Å²) in [6.45, 7) is 2.84. The number of carbonyl (C=O) groups excluding carboxylic acids is 2. The van der Waals surface area contributed by atoms with Gasteiger partial charge in [0.1, 0.15) is 5.54 Å². The van der Waals surface area contributed by atoms with E-state index in [-0.39, 0.29) is 4.90 Å². The molecule has 1 aromatic carbocycles. The SMILES string of the molecule is CCC(C)(NC(=O)CN(C)S(=O)(=O)c1ccc(Br)cc1)C(=O)OC. The first-order valence-electron chi connectivity index (χ1n) is 7.18. The maximum atomic E-state index is 12.4. The smallest absolute Gasteiger partial charge is 0.331 e. The number of esters is 1. The first-order chi connectivity index (χ1) is 11.1. The van der Waals surface area contributed by atoms with Crippen LogP contribution < -0.4 is 5.32 Å². The van der Waals surface area contributed by atoms with Crippen molar-refractivity contribution in [3.05, 3.63) is 28.7 Å². The predicted octanol–water partition coefficient (Wildman–Crippen LogP) is 1.53. The van der Waals surface area contributed by atoms with Crippen LogP contribution in [0.2, 0.25) is 0 Å². The molecule has 7 nitrogen and oxygen atoms in total. The largest absolute Gasteiger partial charge is 0.467 e. The molecule has 1 aromatic rings. The van der Waals surface area contributed by atoms with Gasteiger partial charge >= 0.3 is 5.97 Å². The number of halogens is 1. The molecule has 0 saturated heterocycles. The maximum Gasteiger partial charge on any atom is 0.331 e. The molecule has 0 aromatic heterocycles. The second-order valence-electron chi connectivity index (χ2n) is 5.44. The highest BCUT2D eigenvalue weighted by Gasteiger charge is 2.35. The lowest BCUT2D eigenvalue weighted by molar-refractivity contribution is -0.150. The van der Waals surface area contributed by atoms with Crippen LogP contribution in [0.15, 0.2) is 33.6 Å². The molecule has 1 N–H and O–H groups in total. The zero-order valence-electron chi connectivity index (χ0n) is 14.0. The number of likely N-dealkylation sites (N-methyl/N-ethyl adjacent to an activating group) is 1. The van der Waals surface area contributed by atoms with E-state index in [1.807, 2.05) is 0 Å². The van der Waals surface area contributed by atoms with E-state index in [0.29, 0.717) is 6.42 Å². The van der Waals surface area contributed by atoms with E-state index in [2.05, 4.69) is 26.0 Å². The molecule has 1 unspecified atom stereocenters. The van der Waals surface area contributed by atoms with E-state index < -0.39 is 34.0 Å². The Balaban J connectivity index is 2.86. The number of nitrogens with one attached hydrogen (secondary N) is 1. The van der Waals surface area contributed by atoms with Gasteiger partial charge in [-0.3, -0.25) is 4.79 Å². The van der Waals surface area contributed by atoms with Gasteiger partial charge in [-0.1, -0.05) is 22.9 Å². The Morgan fingerprint density at radius 3 is 2.29 bits per heavy atom. The Hall–Kier alpha value is -1.45. The van der Waals surface area contributed by atoms with Crippen molar-refractivity contribution in [2.24, 2.45) is 0 Å². The molecule has 9 heteroatoms. The lowest BCUT2D eigenvalue weighted by Gasteiger charge is -2.27. The number of benzene rings is 1. The van der Waals surface area contributed by atoms with E-state index in [0.717, 1.165) is 8.78 Å². The summed E-state index contributed by atoms with van der Waals surface area (Å²) in [5.74, 6) is -1.18. The quantitative estimate of drug-likeness (QED) is 0.675. The van der Waals surface area contributed by atoms with Crippen LogP contribution in [-0.2, 0) is 24.3 Å². The first kappa shape index (κ1) is 20.6. The fourth-order valence-electron chi connectivity index (χ4n) is 1.93. The van der Waals surface area contributed by atoms with E-state index in [9.17, 15) is 18.0 Å². The Kier molecular flexibility index (Phi) is 6.94. The van der Waals surface area contributed by atoms with Gasteiger partial charge in [0.15, 0.2) is 0 Å². The molecule has 0 aliphatic rings. The van der Waals surface area contributed by atoms with Gasteiger partial charge in [0, 0.05) is 11.5 Å². The number of methoxy groups -OCH3 is 1. The fraction of sp³-hybridized carbons (Fsp3) is 0.467. The summed E-state index contributed by atoms with van der Waals surface area (Å²) >= 11 is 3.23. The number of amides is 1. The van der Waals surface area contributed by atoms with Crippen molar-refractivity contribution in [2.75, 3.05) is 20.7 Å². The molecule has 0 radical (unpaired) electrons. The standard InChI is InChI=1S/C15H21BrN2O5S/c1-5-15(2,14(20)23-4)17-13(19)10-18(3)24(21,22)12-8-6-11(16)7-9-12/h6-9H,5,10H2,1-4H3,(H,17,19). The second-order valence-corrected chi connectivity index (χ2v) is 8.40. The van der Waals surface area contributed by atoms with E-state index in [1.54, 1.807) is 19.1 Å². The van der Waals surface area contributed by atoms with Crippen molar-refractivity contribution >= 4 is 37.8 Å². The van der Waals surface area contributed by atoms with Crippen molar-refractivity contribution in [1.82, 2.24) is 9.62 Å². The number of ether oxygens (including phenoxy) is 1. The van der Waals surface area contributed by atoms with Crippen LogP contribution in [0.25, 0.3) is 0 Å². The molecule has 0 aliphatic heterocycles. The summed E-state index contributed by atoms with van der Waals surface area (Å²) < 4.78 is 31.2. The van der Waals surface area contributed by atoms with Crippen molar-refractivity contribution in [3.63, 3.8) is 0 Å². The highest BCUT2D eigenvalue weighted by molar-refractivity contribution is 9.10. The summed E-state index contributed by atoms with van der Waals surface area (Å²) in [6.07, 6.45) is 0.314. The van der Waals surface area contributed by atoms with Crippen LogP contribution in [0.4, 0.5) is 0 Å². The molecule has 0 fully saturated rings. The van der Waals surface area contributed by atoms with Gasteiger partial charge in [0.25, 0.3) is 0 Å². The lowest BCUT2D eigenvalue weighted by Crippen LogP contribution is -2.54. The summed E-state index contributed by atoms with van der Waals surface area (Å²) in [7, 11) is -1.27. The van der Waals surface area contributed by atoms with Gasteiger partial charge in [0.2, 0.25) is 15.9 Å². The Morgan fingerprint density at radius 2 is 1.83 bits per heavy atom. The molecule has 1 rings (SSSR count). The lowest BCUT2D eigenvalue weighted by atomic mass is 9.99. The van der Waals surface area contributed by atoms with Gasteiger partial charge in [0.05, 0.1) is 18.6 Å². The maximum absolute atomic E-state index is 12.4. The molecule has 0 heterocycles. The molecule has 1 amide bonds. The topological polar surface area (TPSA) is 92.8 Å². The zero-order chi connectivity index (χ0) is 18.5. The molecule has 0 spiro atoms. The highest BCUT2D eigenvalue weighted by Crippen LogP contribution is 2.18. The minimum atomic E-state index is -3.80. The average Bonchev–Trinajstić information content (AvgIpc) is 2.53. The molecule has 1 atom stereocenters. The summed E-state index contributed by atoms with van der Waals surface area (Å²) in [6, 6.07) is 6.09. The minimum absolute atomic E-state index is 0.0761. The number of hydrogen-bond donors (Lipinski definition) is 1. The van der Waals surface area contributed by atoms with Crippen LogP contribution in [0, 0.1) is 0 Å². The number of nitrogens with zero attached hydrogens (tertiary/aromatic N) is 1. The van der Waals surface area contributed by atoms with Gasteiger partial charge in [-0.05, 0) is 37.6 Å². The van der Waals surface area contributed by atoms with Crippen molar-refractivity contribution in [2.45, 2.75) is 30.7 Å². The van der Waals surface area contributed by atoms with E-state index in [4.69, 9.17) is 0 Å². The highest BCUT2D eigenvalue weighted by atomic mass is 79.9. The zero-order valence-corrected chi connectivity index (χ0v) is 16.4. The number of rotatable bonds is 7. The molecule has 134 valence electrons. The van der Waals surface area contributed by atoms with E-state index >= 15 is 0 Å². The summed E-state index contributed by atoms with van der Waals surface area (Å²) in [4.78, 5) is 24.0. The van der Waals surface area contributed by atoms with Crippen LogP contribution in [-0.4, -0.2) is 50.8 Å². The van der Waals surface area contributed by atoms with Crippen LogP contribution in [0.5, 0.6) is 0 Å². The Morgan fingerprint density at radius 1 is 1.29 bits per heavy atom. The van der Waals surface area contributed by atoms with Gasteiger partial charge in [-0.25, -0.2) is 13.2 Å². The molecule has 0 aliphatic carbocycles. The third-order valence-corrected chi connectivity index (χ3v) is 5.99. The van der Waals surface area contributed by atoms with Crippen molar-refractivity contribution in [3.8, 4) is 0 Å². The van der Waals surface area contributed by atoms with Crippen LogP contribution in [0.3, 0.4) is 0 Å². The second kappa shape index (κ2) is 8.09. The first-order valence-corrected chi connectivity index (χ1v) is 9.41. The predicted molar refractivity (Wildman–Crippen MR) is 92.8 cm³/mol. The molecule has 24 heavy (non-hydrogen) atoms. The monoisotopic (exact) mass is 420 g/mol. The van der Waals surface area contributed by atoms with Crippen molar-refractivity contribution in [1.29, 1.82) is 0 Å². The molecular formula is C15H21BrN2O5S. The summed E-state index contributed by atoms with van der Waals surface area (Å²) in [5.41, 5.74) is -1.20. The molecular weight excluding hydrogens is 400 g/mol. The van der Waals surface area contributed by atoms with Crippen LogP contribution in [0.1, 0.15) is 20.3 Å². The fourth-order valence-corrected chi connectivity index (χ4v) is 3.32. The molecule has 0 bridgehead atoms. The number of hydrogen-bond acceptors (Lipinski definition) is 5. The number of carbonyl (C=O) groups is 2. The van der Waals surface area contributed by atoms with Gasteiger partial charge < -0.3 is 10.1 Å². The number of sulfonamides is 1. The van der Waals surface area contributed by atoms with Gasteiger partial charge in [-0.2, -0.15) is 4.31 Å². The Labute approximate surface area is 150 Å². The average molecular weight is 421 g/mol.